The smallest absolute Gasteiger partial charge is 0.263 e. The molecular formula is C23H17ClN4O3S. The van der Waals surface area contributed by atoms with Gasteiger partial charge in [0.1, 0.15) is 0 Å². The van der Waals surface area contributed by atoms with Gasteiger partial charge in [0, 0.05) is 23.7 Å². The van der Waals surface area contributed by atoms with Crippen molar-refractivity contribution in [3.63, 3.8) is 0 Å². The number of fused-ring (bicyclic) bond motifs is 1. The average Bonchev–Trinajstić information content (AvgIpc) is 3.00. The van der Waals surface area contributed by atoms with E-state index in [2.05, 4.69) is 11.1 Å². The lowest BCUT2D eigenvalue weighted by molar-refractivity contribution is -0.112. The summed E-state index contributed by atoms with van der Waals surface area (Å²) in [4.78, 5) is 19.3. The summed E-state index contributed by atoms with van der Waals surface area (Å²) in [5.74, 6) is -0.336. The van der Waals surface area contributed by atoms with E-state index in [0.717, 1.165) is 6.26 Å². The molecule has 160 valence electrons. The second kappa shape index (κ2) is 7.79. The summed E-state index contributed by atoms with van der Waals surface area (Å²) in [5, 5.41) is 9.79. The molecule has 0 atom stereocenters. The van der Waals surface area contributed by atoms with Crippen LogP contribution in [0.15, 0.2) is 53.6 Å². The highest BCUT2D eigenvalue weighted by Gasteiger charge is 2.34. The Balaban J connectivity index is 1.90. The normalized spacial score (nSPS) is 14.5. The zero-order valence-electron chi connectivity index (χ0n) is 17.1. The van der Waals surface area contributed by atoms with Gasteiger partial charge in [-0.15, -0.1) is 0 Å². The standard InChI is InChI=1S/C23H17ClN4O3S/c1-13-7-22-18(8-14(13)11-25)19(9-15-10-21(26)20(24)12-27-15)23(29)28(22)16-3-5-17(6-4-16)32(2,30)31/h3-10,12H,1-2H3,(H2,26,27)/b19-9-. The van der Waals surface area contributed by atoms with Gasteiger partial charge >= 0.3 is 0 Å². The third-order valence-electron chi connectivity index (χ3n) is 5.15. The number of sulfone groups is 1. The molecule has 1 aliphatic rings. The first-order chi connectivity index (χ1) is 15.1. The Labute approximate surface area is 190 Å². The fraction of sp³-hybridized carbons (Fsp3) is 0.0870. The molecule has 3 aromatic rings. The summed E-state index contributed by atoms with van der Waals surface area (Å²) in [6.07, 6.45) is 4.12. The second-order valence-electron chi connectivity index (χ2n) is 7.39. The van der Waals surface area contributed by atoms with Gasteiger partial charge in [0.2, 0.25) is 0 Å². The first-order valence-electron chi connectivity index (χ1n) is 9.42. The van der Waals surface area contributed by atoms with E-state index in [4.69, 9.17) is 17.3 Å². The van der Waals surface area contributed by atoms with Crippen molar-refractivity contribution in [2.24, 2.45) is 0 Å². The number of anilines is 3. The Morgan fingerprint density at radius 3 is 2.47 bits per heavy atom. The quantitative estimate of drug-likeness (QED) is 0.582. The average molecular weight is 465 g/mol. The predicted molar refractivity (Wildman–Crippen MR) is 124 cm³/mol. The highest BCUT2D eigenvalue weighted by molar-refractivity contribution is 7.90. The molecule has 1 aromatic heterocycles. The summed E-state index contributed by atoms with van der Waals surface area (Å²) in [7, 11) is -3.37. The molecule has 0 radical (unpaired) electrons. The van der Waals surface area contributed by atoms with Crippen LogP contribution in [0.4, 0.5) is 17.1 Å². The van der Waals surface area contributed by atoms with Crippen molar-refractivity contribution in [2.45, 2.75) is 11.8 Å². The predicted octanol–water partition coefficient (Wildman–Crippen LogP) is 4.12. The molecule has 0 bridgehead atoms. The molecule has 4 rings (SSSR count). The van der Waals surface area contributed by atoms with Crippen LogP contribution in [-0.2, 0) is 14.6 Å². The molecule has 0 saturated carbocycles. The van der Waals surface area contributed by atoms with Crippen LogP contribution in [0.2, 0.25) is 5.02 Å². The van der Waals surface area contributed by atoms with E-state index in [1.165, 1.54) is 23.2 Å². The third-order valence-corrected chi connectivity index (χ3v) is 6.59. The van der Waals surface area contributed by atoms with Crippen LogP contribution in [0.25, 0.3) is 11.6 Å². The van der Waals surface area contributed by atoms with Gasteiger partial charge in [-0.3, -0.25) is 14.7 Å². The minimum absolute atomic E-state index is 0.153. The minimum atomic E-state index is -3.37. The molecule has 2 N–H and O–H groups in total. The molecule has 1 aliphatic heterocycles. The van der Waals surface area contributed by atoms with E-state index in [9.17, 15) is 18.5 Å². The Bertz CT molecular complexity index is 1460. The van der Waals surface area contributed by atoms with Gasteiger partial charge < -0.3 is 5.73 Å². The number of aryl methyl sites for hydroxylation is 1. The molecule has 2 aromatic carbocycles. The minimum Gasteiger partial charge on any atom is -0.397 e. The van der Waals surface area contributed by atoms with Gasteiger partial charge in [-0.05, 0) is 61.0 Å². The van der Waals surface area contributed by atoms with Crippen LogP contribution in [0.3, 0.4) is 0 Å². The van der Waals surface area contributed by atoms with E-state index in [1.54, 1.807) is 43.3 Å². The largest absolute Gasteiger partial charge is 0.397 e. The van der Waals surface area contributed by atoms with Gasteiger partial charge in [0.15, 0.2) is 9.84 Å². The molecule has 9 heteroatoms. The number of hydrogen-bond donors (Lipinski definition) is 1. The van der Waals surface area contributed by atoms with Gasteiger partial charge in [-0.1, -0.05) is 11.6 Å². The van der Waals surface area contributed by atoms with Crippen LogP contribution >= 0.6 is 11.6 Å². The van der Waals surface area contributed by atoms with E-state index in [0.29, 0.717) is 50.0 Å². The molecular weight excluding hydrogens is 448 g/mol. The van der Waals surface area contributed by atoms with Crippen LogP contribution < -0.4 is 10.6 Å². The molecule has 0 spiro atoms. The summed E-state index contributed by atoms with van der Waals surface area (Å²) in [5.41, 5.74) is 9.79. The first kappa shape index (κ1) is 21.6. The highest BCUT2D eigenvalue weighted by Crippen LogP contribution is 2.43. The molecule has 7 nitrogen and oxygen atoms in total. The highest BCUT2D eigenvalue weighted by atomic mass is 35.5. The molecule has 1 amide bonds. The molecule has 0 fully saturated rings. The lowest BCUT2D eigenvalue weighted by atomic mass is 10.00. The fourth-order valence-corrected chi connectivity index (χ4v) is 4.23. The summed E-state index contributed by atoms with van der Waals surface area (Å²) in [6, 6.07) is 13.2. The number of nitriles is 1. The van der Waals surface area contributed by atoms with Gasteiger partial charge in [0.25, 0.3) is 5.91 Å². The SMILES string of the molecule is Cc1cc2c(cc1C#N)/C(=C/c1cc(N)c(Cl)cn1)C(=O)N2c1ccc(S(C)(=O)=O)cc1. The number of nitrogens with two attached hydrogens (primary N) is 1. The number of carbonyl (C=O) groups is 1. The number of rotatable bonds is 3. The molecule has 0 aliphatic carbocycles. The monoisotopic (exact) mass is 464 g/mol. The van der Waals surface area contributed by atoms with Crippen molar-refractivity contribution >= 4 is 56.1 Å². The van der Waals surface area contributed by atoms with Crippen LogP contribution in [0.1, 0.15) is 22.4 Å². The number of amides is 1. The topological polar surface area (TPSA) is 117 Å². The van der Waals surface area contributed by atoms with Crippen molar-refractivity contribution in [1.29, 1.82) is 5.26 Å². The number of halogens is 1. The Morgan fingerprint density at radius 1 is 1.19 bits per heavy atom. The number of benzene rings is 2. The fourth-order valence-electron chi connectivity index (χ4n) is 3.50. The number of nitrogens with zero attached hydrogens (tertiary/aromatic N) is 3. The number of nitrogen functional groups attached to an aromatic ring is 1. The molecule has 32 heavy (non-hydrogen) atoms. The van der Waals surface area contributed by atoms with Gasteiger partial charge in [-0.25, -0.2) is 8.42 Å². The number of hydrogen-bond acceptors (Lipinski definition) is 6. The summed E-state index contributed by atoms with van der Waals surface area (Å²) >= 11 is 5.95. The number of carbonyl (C=O) groups excluding carboxylic acids is 1. The zero-order valence-corrected chi connectivity index (χ0v) is 18.7. The summed E-state index contributed by atoms with van der Waals surface area (Å²) < 4.78 is 23.6. The maximum atomic E-state index is 13.5. The molecule has 2 heterocycles. The van der Waals surface area contributed by atoms with Gasteiger partial charge in [-0.2, -0.15) is 5.26 Å². The van der Waals surface area contributed by atoms with E-state index >= 15 is 0 Å². The maximum absolute atomic E-state index is 13.5. The molecule has 0 unspecified atom stereocenters. The van der Waals surface area contributed by atoms with Crippen molar-refractivity contribution in [1.82, 2.24) is 4.98 Å². The van der Waals surface area contributed by atoms with E-state index in [-0.39, 0.29) is 10.8 Å². The van der Waals surface area contributed by atoms with Gasteiger partial charge in [0.05, 0.1) is 44.2 Å². The Hall–Kier alpha value is -3.67. The van der Waals surface area contributed by atoms with Crippen LogP contribution in [0.5, 0.6) is 0 Å². The van der Waals surface area contributed by atoms with Crippen LogP contribution in [0, 0.1) is 18.3 Å². The van der Waals surface area contributed by atoms with Crippen molar-refractivity contribution in [3.05, 3.63) is 76.1 Å². The second-order valence-corrected chi connectivity index (χ2v) is 9.81. The number of pyridine rings is 1. The van der Waals surface area contributed by atoms with E-state index in [1.807, 2.05) is 0 Å². The third kappa shape index (κ3) is 3.73. The zero-order chi connectivity index (χ0) is 23.2. The van der Waals surface area contributed by atoms with E-state index < -0.39 is 9.84 Å². The molecule has 0 saturated heterocycles. The summed E-state index contributed by atoms with van der Waals surface area (Å²) in [6.45, 7) is 1.79. The number of aromatic nitrogens is 1. The van der Waals surface area contributed by atoms with Crippen molar-refractivity contribution < 1.29 is 13.2 Å². The Morgan fingerprint density at radius 2 is 1.88 bits per heavy atom. The van der Waals surface area contributed by atoms with Crippen molar-refractivity contribution in [3.8, 4) is 6.07 Å². The van der Waals surface area contributed by atoms with Crippen molar-refractivity contribution in [2.75, 3.05) is 16.9 Å². The Kier molecular flexibility index (Phi) is 5.25. The van der Waals surface area contributed by atoms with Crippen LogP contribution in [-0.4, -0.2) is 25.6 Å². The lowest BCUT2D eigenvalue weighted by Crippen LogP contribution is -2.20. The first-order valence-corrected chi connectivity index (χ1v) is 11.7. The lowest BCUT2D eigenvalue weighted by Gasteiger charge is -2.18. The maximum Gasteiger partial charge on any atom is 0.263 e.